The molecule has 5 nitrogen and oxygen atoms in total. The van der Waals surface area contributed by atoms with Crippen molar-refractivity contribution in [3.05, 3.63) is 34.4 Å². The molecule has 0 spiro atoms. The number of halogens is 1. The minimum Gasteiger partial charge on any atom is -0.427 e. The lowest BCUT2D eigenvalue weighted by molar-refractivity contribution is -0.384. The Labute approximate surface area is 167 Å². The molecule has 0 N–H and O–H groups in total. The molecule has 1 aromatic carbocycles. The molecule has 0 aliphatic carbocycles. The maximum Gasteiger partial charge on any atom is 0.311 e. The molecular weight excluding hydrogens is 361 g/mol. The molecule has 28 heavy (non-hydrogen) atoms. The summed E-state index contributed by atoms with van der Waals surface area (Å²) in [6.45, 7) is -0.180. The fourth-order valence-corrected chi connectivity index (χ4v) is 3.13. The number of esters is 1. The van der Waals surface area contributed by atoms with Gasteiger partial charge in [0.15, 0.2) is 0 Å². The standard InChI is InChI=1S/C22H34FNO4/c23-19-13-11-9-7-5-3-1-2-4-6-8-10-12-14-22(25)28-21-17-15-20(16-18-21)24(26)27/h15-18H,1-14,19H2. The number of unbranched alkanes of at least 4 members (excludes halogenated alkanes) is 12. The molecule has 0 heterocycles. The van der Waals surface area contributed by atoms with Gasteiger partial charge in [-0.1, -0.05) is 70.6 Å². The van der Waals surface area contributed by atoms with E-state index in [4.69, 9.17) is 4.74 Å². The van der Waals surface area contributed by atoms with Crippen LogP contribution in [0, 0.1) is 10.1 Å². The number of hydrogen-bond acceptors (Lipinski definition) is 4. The molecule has 158 valence electrons. The third-order valence-electron chi connectivity index (χ3n) is 4.79. The second-order valence-corrected chi connectivity index (χ2v) is 7.26. The number of rotatable bonds is 17. The van der Waals surface area contributed by atoms with Crippen LogP contribution in [0.15, 0.2) is 24.3 Å². The van der Waals surface area contributed by atoms with Gasteiger partial charge in [0.1, 0.15) is 5.75 Å². The molecule has 0 aliphatic rings. The van der Waals surface area contributed by atoms with Gasteiger partial charge in [0.05, 0.1) is 11.6 Å². The number of carbonyl (C=O) groups excluding carboxylic acids is 1. The first-order chi connectivity index (χ1) is 13.6. The molecule has 0 unspecified atom stereocenters. The lowest BCUT2D eigenvalue weighted by Crippen LogP contribution is -2.07. The Kier molecular flexibility index (Phi) is 13.8. The van der Waals surface area contributed by atoms with Gasteiger partial charge in [-0.05, 0) is 25.0 Å². The van der Waals surface area contributed by atoms with Crippen molar-refractivity contribution < 1.29 is 18.8 Å². The zero-order valence-corrected chi connectivity index (χ0v) is 16.9. The molecule has 0 bridgehead atoms. The second-order valence-electron chi connectivity index (χ2n) is 7.26. The minimum absolute atomic E-state index is 0.0200. The monoisotopic (exact) mass is 395 g/mol. The Morgan fingerprint density at radius 2 is 1.21 bits per heavy atom. The highest BCUT2D eigenvalue weighted by Gasteiger charge is 2.08. The molecule has 0 aliphatic heterocycles. The number of nitrogens with zero attached hydrogens (tertiary/aromatic N) is 1. The molecule has 0 saturated heterocycles. The molecule has 0 atom stereocenters. The van der Waals surface area contributed by atoms with Crippen molar-refractivity contribution >= 4 is 11.7 Å². The van der Waals surface area contributed by atoms with Gasteiger partial charge >= 0.3 is 5.97 Å². The van der Waals surface area contributed by atoms with Crippen LogP contribution in [0.5, 0.6) is 5.75 Å². The average molecular weight is 396 g/mol. The first-order valence-electron chi connectivity index (χ1n) is 10.6. The molecular formula is C22H34FNO4. The number of carbonyl (C=O) groups is 1. The number of benzene rings is 1. The second kappa shape index (κ2) is 16.0. The van der Waals surface area contributed by atoms with E-state index in [9.17, 15) is 19.3 Å². The Hall–Kier alpha value is -1.98. The van der Waals surface area contributed by atoms with E-state index in [1.54, 1.807) is 0 Å². The van der Waals surface area contributed by atoms with Gasteiger partial charge < -0.3 is 4.74 Å². The van der Waals surface area contributed by atoms with E-state index in [1.165, 1.54) is 69.2 Å². The summed E-state index contributed by atoms with van der Waals surface area (Å²) in [5.41, 5.74) is -0.0200. The van der Waals surface area contributed by atoms with Crippen LogP contribution in [-0.2, 0) is 4.79 Å². The normalized spacial score (nSPS) is 10.8. The van der Waals surface area contributed by atoms with Crippen molar-refractivity contribution in [2.45, 2.75) is 89.9 Å². The predicted octanol–water partition coefficient (Wildman–Crippen LogP) is 6.93. The van der Waals surface area contributed by atoms with Crippen LogP contribution in [0.4, 0.5) is 10.1 Å². The van der Waals surface area contributed by atoms with Crippen molar-refractivity contribution in [2.75, 3.05) is 6.67 Å². The highest BCUT2D eigenvalue weighted by atomic mass is 19.1. The third-order valence-corrected chi connectivity index (χ3v) is 4.79. The topological polar surface area (TPSA) is 69.4 Å². The van der Waals surface area contributed by atoms with Crippen LogP contribution in [0.3, 0.4) is 0 Å². The number of nitro groups is 1. The Morgan fingerprint density at radius 1 is 0.786 bits per heavy atom. The van der Waals surface area contributed by atoms with Gasteiger partial charge in [0.25, 0.3) is 5.69 Å². The summed E-state index contributed by atoms with van der Waals surface area (Å²) in [6.07, 6.45) is 15.0. The van der Waals surface area contributed by atoms with Crippen molar-refractivity contribution in [1.29, 1.82) is 0 Å². The van der Waals surface area contributed by atoms with Crippen LogP contribution < -0.4 is 4.74 Å². The number of alkyl halides is 1. The molecule has 0 aromatic heterocycles. The SMILES string of the molecule is O=C(CCCCCCCCCCCCCCCF)Oc1ccc([N+](=O)[O-])cc1. The van der Waals surface area contributed by atoms with Crippen molar-refractivity contribution in [3.63, 3.8) is 0 Å². The summed E-state index contributed by atoms with van der Waals surface area (Å²) in [6, 6.07) is 5.55. The molecule has 6 heteroatoms. The fourth-order valence-electron chi connectivity index (χ4n) is 3.13. The van der Waals surface area contributed by atoms with Crippen LogP contribution in [-0.4, -0.2) is 17.6 Å². The largest absolute Gasteiger partial charge is 0.427 e. The van der Waals surface area contributed by atoms with Crippen molar-refractivity contribution in [1.82, 2.24) is 0 Å². The summed E-state index contributed by atoms with van der Waals surface area (Å²) >= 11 is 0. The summed E-state index contributed by atoms with van der Waals surface area (Å²) < 4.78 is 17.1. The number of ether oxygens (including phenoxy) is 1. The Morgan fingerprint density at radius 3 is 1.64 bits per heavy atom. The highest BCUT2D eigenvalue weighted by molar-refractivity contribution is 5.72. The van der Waals surface area contributed by atoms with Gasteiger partial charge in [-0.3, -0.25) is 19.3 Å². The lowest BCUT2D eigenvalue weighted by atomic mass is 10.0. The summed E-state index contributed by atoms with van der Waals surface area (Å²) in [7, 11) is 0. The highest BCUT2D eigenvalue weighted by Crippen LogP contribution is 2.18. The molecule has 1 aromatic rings. The molecule has 0 saturated carbocycles. The smallest absolute Gasteiger partial charge is 0.311 e. The quantitative estimate of drug-likeness (QED) is 0.0942. The fraction of sp³-hybridized carbons (Fsp3) is 0.682. The van der Waals surface area contributed by atoms with Gasteiger partial charge in [-0.15, -0.1) is 0 Å². The van der Waals surface area contributed by atoms with E-state index in [-0.39, 0.29) is 18.3 Å². The number of nitro benzene ring substituents is 1. The van der Waals surface area contributed by atoms with Crippen LogP contribution in [0.2, 0.25) is 0 Å². The molecule has 1 rings (SSSR count). The van der Waals surface area contributed by atoms with E-state index in [2.05, 4.69) is 0 Å². The predicted molar refractivity (Wildman–Crippen MR) is 109 cm³/mol. The zero-order chi connectivity index (χ0) is 20.5. The average Bonchev–Trinajstić information content (AvgIpc) is 2.68. The van der Waals surface area contributed by atoms with Gasteiger partial charge in [-0.2, -0.15) is 0 Å². The summed E-state index contributed by atoms with van der Waals surface area (Å²) in [4.78, 5) is 21.9. The Balaban J connectivity index is 1.90. The zero-order valence-electron chi connectivity index (χ0n) is 16.9. The van der Waals surface area contributed by atoms with E-state index >= 15 is 0 Å². The first kappa shape index (κ1) is 24.1. The lowest BCUT2D eigenvalue weighted by Gasteiger charge is -2.05. The van der Waals surface area contributed by atoms with Crippen LogP contribution in [0.25, 0.3) is 0 Å². The van der Waals surface area contributed by atoms with Crippen LogP contribution in [0.1, 0.15) is 89.9 Å². The third kappa shape index (κ3) is 12.4. The molecule has 0 radical (unpaired) electrons. The molecule has 0 amide bonds. The van der Waals surface area contributed by atoms with Crippen molar-refractivity contribution in [3.8, 4) is 5.75 Å². The maximum atomic E-state index is 11.9. The van der Waals surface area contributed by atoms with E-state index in [0.717, 1.165) is 38.5 Å². The van der Waals surface area contributed by atoms with Crippen molar-refractivity contribution in [2.24, 2.45) is 0 Å². The minimum atomic E-state index is -0.483. The maximum absolute atomic E-state index is 11.9. The van der Waals surface area contributed by atoms with E-state index < -0.39 is 4.92 Å². The van der Waals surface area contributed by atoms with Gasteiger partial charge in [0, 0.05) is 18.6 Å². The molecule has 0 fully saturated rings. The van der Waals surface area contributed by atoms with E-state index in [0.29, 0.717) is 12.2 Å². The Bertz CT molecular complexity index is 548. The van der Waals surface area contributed by atoms with E-state index in [1.807, 2.05) is 0 Å². The summed E-state index contributed by atoms with van der Waals surface area (Å²) in [5, 5.41) is 10.6. The van der Waals surface area contributed by atoms with Gasteiger partial charge in [0.2, 0.25) is 0 Å². The summed E-state index contributed by atoms with van der Waals surface area (Å²) in [5.74, 6) is 0.0541. The number of hydrogen-bond donors (Lipinski definition) is 0. The first-order valence-corrected chi connectivity index (χ1v) is 10.6. The van der Waals surface area contributed by atoms with Crippen LogP contribution >= 0.6 is 0 Å². The number of non-ortho nitro benzene ring substituents is 1. The van der Waals surface area contributed by atoms with Gasteiger partial charge in [-0.25, -0.2) is 0 Å².